The minimum absolute atomic E-state index is 0.206. The lowest BCUT2D eigenvalue weighted by Crippen LogP contribution is -2.16. The number of benzene rings is 1. The predicted octanol–water partition coefficient (Wildman–Crippen LogP) is 4.33. The molecular formula is C14H17ClO. The molecule has 2 rings (SSSR count). The summed E-state index contributed by atoms with van der Waals surface area (Å²) < 4.78 is 0. The molecule has 2 heteroatoms. The van der Waals surface area contributed by atoms with Gasteiger partial charge < -0.3 is 0 Å². The van der Waals surface area contributed by atoms with Gasteiger partial charge in [0.2, 0.25) is 0 Å². The first-order chi connectivity index (χ1) is 7.58. The Bertz CT molecular complexity index is 419. The molecule has 1 saturated carbocycles. The topological polar surface area (TPSA) is 17.1 Å². The number of carbonyl (C=O) groups excluding carboxylic acids is 1. The van der Waals surface area contributed by atoms with E-state index in [2.05, 4.69) is 0 Å². The quantitative estimate of drug-likeness (QED) is 0.714. The van der Waals surface area contributed by atoms with Gasteiger partial charge in [0.1, 0.15) is 0 Å². The van der Waals surface area contributed by atoms with Crippen LogP contribution in [0.25, 0.3) is 0 Å². The maximum absolute atomic E-state index is 12.0. The van der Waals surface area contributed by atoms with Crippen LogP contribution < -0.4 is 0 Å². The van der Waals surface area contributed by atoms with Crippen molar-refractivity contribution in [2.75, 3.05) is 0 Å². The van der Waals surface area contributed by atoms with Gasteiger partial charge in [-0.25, -0.2) is 0 Å². The Balaban J connectivity index is 2.18. The van der Waals surface area contributed by atoms with Crippen molar-refractivity contribution < 1.29 is 4.79 Å². The molecule has 0 aliphatic heterocycles. The number of aryl methyl sites for hydroxylation is 2. The number of hydrogen-bond acceptors (Lipinski definition) is 1. The van der Waals surface area contributed by atoms with E-state index in [1.54, 1.807) is 0 Å². The fourth-order valence-electron chi connectivity index (χ4n) is 2.06. The second-order valence-electron chi connectivity index (χ2n) is 4.84. The number of carbonyl (C=O) groups is 1. The lowest BCUT2D eigenvalue weighted by molar-refractivity contribution is 0.0936. The second kappa shape index (κ2) is 4.58. The molecule has 0 spiro atoms. The summed E-state index contributed by atoms with van der Waals surface area (Å²) in [5.74, 6) is 0.808. The zero-order chi connectivity index (χ0) is 11.7. The van der Waals surface area contributed by atoms with Gasteiger partial charge in [0.15, 0.2) is 5.78 Å². The van der Waals surface area contributed by atoms with Gasteiger partial charge in [0.25, 0.3) is 0 Å². The average Bonchev–Trinajstić information content (AvgIpc) is 2.17. The molecule has 0 radical (unpaired) electrons. The number of hydrogen-bond donors (Lipinski definition) is 0. The largest absolute Gasteiger partial charge is 0.294 e. The van der Waals surface area contributed by atoms with Crippen molar-refractivity contribution in [1.29, 1.82) is 0 Å². The Hall–Kier alpha value is -0.820. The van der Waals surface area contributed by atoms with Crippen molar-refractivity contribution in [3.63, 3.8) is 0 Å². The minimum atomic E-state index is 0.206. The van der Waals surface area contributed by atoms with E-state index in [0.717, 1.165) is 11.1 Å². The van der Waals surface area contributed by atoms with E-state index in [1.807, 2.05) is 26.0 Å². The van der Waals surface area contributed by atoms with E-state index in [-0.39, 0.29) is 5.78 Å². The van der Waals surface area contributed by atoms with E-state index in [0.29, 0.717) is 22.9 Å². The molecule has 0 bridgehead atoms. The fraction of sp³-hybridized carbons (Fsp3) is 0.500. The summed E-state index contributed by atoms with van der Waals surface area (Å²) in [6.07, 6.45) is 4.35. The summed E-state index contributed by atoms with van der Waals surface area (Å²) in [5, 5.41) is 0.604. The highest BCUT2D eigenvalue weighted by Gasteiger charge is 2.22. The van der Waals surface area contributed by atoms with Crippen LogP contribution >= 0.6 is 11.6 Å². The molecule has 1 nitrogen and oxygen atoms in total. The van der Waals surface area contributed by atoms with Crippen molar-refractivity contribution >= 4 is 17.4 Å². The Labute approximate surface area is 102 Å². The fourth-order valence-corrected chi connectivity index (χ4v) is 2.39. The molecular weight excluding hydrogens is 220 g/mol. The molecule has 0 amide bonds. The lowest BCUT2D eigenvalue weighted by Gasteiger charge is -2.24. The van der Waals surface area contributed by atoms with Crippen LogP contribution in [0.3, 0.4) is 0 Å². The molecule has 1 aromatic rings. The van der Waals surface area contributed by atoms with Crippen LogP contribution in [0.4, 0.5) is 0 Å². The molecule has 86 valence electrons. The van der Waals surface area contributed by atoms with Gasteiger partial charge in [-0.15, -0.1) is 0 Å². The highest BCUT2D eigenvalue weighted by molar-refractivity contribution is 6.34. The number of halogens is 1. The van der Waals surface area contributed by atoms with Crippen LogP contribution in [0, 0.1) is 19.8 Å². The molecule has 0 atom stereocenters. The van der Waals surface area contributed by atoms with Crippen LogP contribution in [-0.4, -0.2) is 5.78 Å². The van der Waals surface area contributed by atoms with E-state index in [9.17, 15) is 4.79 Å². The highest BCUT2D eigenvalue weighted by atomic mass is 35.5. The van der Waals surface area contributed by atoms with E-state index < -0.39 is 0 Å². The van der Waals surface area contributed by atoms with Gasteiger partial charge in [-0.05, 0) is 43.0 Å². The molecule has 0 heterocycles. The molecule has 1 aromatic carbocycles. The van der Waals surface area contributed by atoms with Gasteiger partial charge in [0.05, 0.1) is 5.02 Å². The van der Waals surface area contributed by atoms with Gasteiger partial charge in [0, 0.05) is 12.0 Å². The predicted molar refractivity (Wildman–Crippen MR) is 67.2 cm³/mol. The average molecular weight is 237 g/mol. The van der Waals surface area contributed by atoms with Crippen molar-refractivity contribution in [2.45, 2.75) is 39.5 Å². The van der Waals surface area contributed by atoms with Crippen LogP contribution in [0.15, 0.2) is 12.1 Å². The van der Waals surface area contributed by atoms with E-state index in [1.165, 1.54) is 19.3 Å². The summed E-state index contributed by atoms with van der Waals surface area (Å²) >= 11 is 6.12. The Kier molecular flexibility index (Phi) is 3.34. The Morgan fingerprint density at radius 1 is 1.31 bits per heavy atom. The number of rotatable bonds is 3. The first-order valence-electron chi connectivity index (χ1n) is 5.88. The minimum Gasteiger partial charge on any atom is -0.294 e. The molecule has 1 fully saturated rings. The molecule has 0 N–H and O–H groups in total. The van der Waals surface area contributed by atoms with Crippen LogP contribution in [-0.2, 0) is 0 Å². The monoisotopic (exact) mass is 236 g/mol. The highest BCUT2D eigenvalue weighted by Crippen LogP contribution is 2.32. The third kappa shape index (κ3) is 2.30. The molecule has 1 aliphatic rings. The molecule has 0 unspecified atom stereocenters. The third-order valence-electron chi connectivity index (χ3n) is 3.58. The second-order valence-corrected chi connectivity index (χ2v) is 5.25. The summed E-state index contributed by atoms with van der Waals surface area (Å²) in [5.41, 5.74) is 2.99. The smallest absolute Gasteiger partial charge is 0.164 e. The molecule has 0 aromatic heterocycles. The van der Waals surface area contributed by atoms with Crippen molar-refractivity contribution in [2.24, 2.45) is 5.92 Å². The molecule has 0 saturated heterocycles. The summed E-state index contributed by atoms with van der Waals surface area (Å²) in [6.45, 7) is 4.03. The van der Waals surface area contributed by atoms with E-state index in [4.69, 9.17) is 11.6 Å². The maximum Gasteiger partial charge on any atom is 0.164 e. The van der Waals surface area contributed by atoms with E-state index >= 15 is 0 Å². The first kappa shape index (κ1) is 11.7. The van der Waals surface area contributed by atoms with Gasteiger partial charge >= 0.3 is 0 Å². The Morgan fingerprint density at radius 3 is 2.50 bits per heavy atom. The zero-order valence-corrected chi connectivity index (χ0v) is 10.6. The molecule has 16 heavy (non-hydrogen) atoms. The van der Waals surface area contributed by atoms with Crippen molar-refractivity contribution in [1.82, 2.24) is 0 Å². The number of ketones is 1. The normalized spacial score (nSPS) is 15.9. The van der Waals surface area contributed by atoms with Crippen LogP contribution in [0.2, 0.25) is 5.02 Å². The molecule has 1 aliphatic carbocycles. The van der Waals surface area contributed by atoms with Gasteiger partial charge in [-0.3, -0.25) is 4.79 Å². The van der Waals surface area contributed by atoms with Gasteiger partial charge in [-0.2, -0.15) is 0 Å². The van der Waals surface area contributed by atoms with Crippen LogP contribution in [0.5, 0.6) is 0 Å². The first-order valence-corrected chi connectivity index (χ1v) is 6.25. The summed E-state index contributed by atoms with van der Waals surface area (Å²) in [7, 11) is 0. The third-order valence-corrected chi connectivity index (χ3v) is 3.90. The van der Waals surface area contributed by atoms with Gasteiger partial charge in [-0.1, -0.05) is 30.9 Å². The Morgan fingerprint density at radius 2 is 1.94 bits per heavy atom. The standard InChI is InChI=1S/C14H17ClO/c1-9-6-12(13(15)7-10(9)2)14(16)8-11-4-3-5-11/h6-7,11H,3-5,8H2,1-2H3. The number of Topliss-reactive ketones (excluding diaryl/α,β-unsaturated/α-hetero) is 1. The lowest BCUT2D eigenvalue weighted by atomic mass is 9.81. The summed E-state index contributed by atoms with van der Waals surface area (Å²) in [4.78, 5) is 12.0. The zero-order valence-electron chi connectivity index (χ0n) is 9.85. The van der Waals surface area contributed by atoms with Crippen LogP contribution in [0.1, 0.15) is 47.2 Å². The van der Waals surface area contributed by atoms with Crippen molar-refractivity contribution in [3.05, 3.63) is 33.8 Å². The summed E-state index contributed by atoms with van der Waals surface area (Å²) in [6, 6.07) is 3.82. The SMILES string of the molecule is Cc1cc(Cl)c(C(=O)CC2CCC2)cc1C. The maximum atomic E-state index is 12.0. The van der Waals surface area contributed by atoms with Crippen molar-refractivity contribution in [3.8, 4) is 0 Å².